The highest BCUT2D eigenvalue weighted by atomic mass is 19.1. The van der Waals surface area contributed by atoms with Gasteiger partial charge < -0.3 is 22.1 Å². The van der Waals surface area contributed by atoms with Crippen LogP contribution in [0.15, 0.2) is 53.5 Å². The average molecular weight is 452 g/mol. The molecule has 0 aliphatic heterocycles. The number of rotatable bonds is 8. The Bertz CT molecular complexity index is 1220. The first-order chi connectivity index (χ1) is 15.6. The van der Waals surface area contributed by atoms with Gasteiger partial charge in [0.15, 0.2) is 5.82 Å². The lowest BCUT2D eigenvalue weighted by atomic mass is 10.1. The van der Waals surface area contributed by atoms with Crippen molar-refractivity contribution < 1.29 is 9.18 Å². The average Bonchev–Trinajstić information content (AvgIpc) is 2.74. The summed E-state index contributed by atoms with van der Waals surface area (Å²) in [5.41, 5.74) is 12.9. The highest BCUT2D eigenvalue weighted by Crippen LogP contribution is 2.22. The maximum atomic E-state index is 13.9. The molecule has 0 aliphatic rings. The van der Waals surface area contributed by atoms with Crippen molar-refractivity contribution in [1.82, 2.24) is 14.9 Å². The standard InChI is InChI=1S/C23H26FN7O2/c1-13(2)30-22-23(33)31(19(11-29-22)16-7-17(24)9-18(25)8-16)12-20(32)28-10-14-3-5-15(6-4-14)21(26)27/h3-9,11,13H,10,12,25H2,1-2H3,(H3,26,27)(H,28,32)(H,29,30). The number of halogens is 1. The van der Waals surface area contributed by atoms with E-state index in [1.54, 1.807) is 24.3 Å². The third-order valence-electron chi connectivity index (χ3n) is 4.75. The van der Waals surface area contributed by atoms with Crippen LogP contribution in [0.3, 0.4) is 0 Å². The first-order valence-electron chi connectivity index (χ1n) is 10.3. The fraction of sp³-hybridized carbons (Fsp3) is 0.217. The van der Waals surface area contributed by atoms with Gasteiger partial charge in [-0.1, -0.05) is 24.3 Å². The predicted molar refractivity (Wildman–Crippen MR) is 126 cm³/mol. The summed E-state index contributed by atoms with van der Waals surface area (Å²) in [7, 11) is 0. The number of amidine groups is 1. The van der Waals surface area contributed by atoms with Gasteiger partial charge in [-0.2, -0.15) is 0 Å². The van der Waals surface area contributed by atoms with Gasteiger partial charge in [0.25, 0.3) is 5.56 Å². The molecule has 2 aromatic carbocycles. The van der Waals surface area contributed by atoms with E-state index in [1.807, 2.05) is 13.8 Å². The summed E-state index contributed by atoms with van der Waals surface area (Å²) < 4.78 is 15.2. The van der Waals surface area contributed by atoms with Gasteiger partial charge in [0, 0.05) is 29.4 Å². The van der Waals surface area contributed by atoms with Crippen molar-refractivity contribution >= 4 is 23.2 Å². The van der Waals surface area contributed by atoms with Crippen molar-refractivity contribution in [3.63, 3.8) is 0 Å². The smallest absolute Gasteiger partial charge is 0.294 e. The maximum Gasteiger partial charge on any atom is 0.294 e. The summed E-state index contributed by atoms with van der Waals surface area (Å²) in [6.07, 6.45) is 1.41. The van der Waals surface area contributed by atoms with Gasteiger partial charge in [-0.25, -0.2) is 9.37 Å². The van der Waals surface area contributed by atoms with Crippen LogP contribution in [0.25, 0.3) is 11.3 Å². The number of anilines is 2. The molecular formula is C23H26FN7O2. The van der Waals surface area contributed by atoms with Crippen molar-refractivity contribution in [3.8, 4) is 11.3 Å². The molecule has 0 unspecified atom stereocenters. The highest BCUT2D eigenvalue weighted by molar-refractivity contribution is 5.94. The van der Waals surface area contributed by atoms with Crippen LogP contribution in [0, 0.1) is 11.2 Å². The van der Waals surface area contributed by atoms with Crippen molar-refractivity contribution in [3.05, 3.63) is 76.0 Å². The van der Waals surface area contributed by atoms with Crippen LogP contribution in [0.1, 0.15) is 25.0 Å². The predicted octanol–water partition coefficient (Wildman–Crippen LogP) is 2.05. The minimum Gasteiger partial charge on any atom is -0.399 e. The quantitative estimate of drug-likeness (QED) is 0.201. The SMILES string of the molecule is CC(C)Nc1ncc(-c2cc(N)cc(F)c2)n(CC(=O)NCc2ccc(C(=N)N)cc2)c1=O. The summed E-state index contributed by atoms with van der Waals surface area (Å²) in [5.74, 6) is -0.934. The number of nitrogens with two attached hydrogens (primary N) is 2. The summed E-state index contributed by atoms with van der Waals surface area (Å²) in [5, 5.41) is 13.2. The van der Waals surface area contributed by atoms with Gasteiger partial charge in [-0.3, -0.25) is 19.6 Å². The fourth-order valence-corrected chi connectivity index (χ4v) is 3.21. The number of nitrogens with one attached hydrogen (secondary N) is 3. The van der Waals surface area contributed by atoms with Gasteiger partial charge in [-0.05, 0) is 37.6 Å². The summed E-state index contributed by atoms with van der Waals surface area (Å²) in [6, 6.07) is 10.7. The molecule has 33 heavy (non-hydrogen) atoms. The summed E-state index contributed by atoms with van der Waals surface area (Å²) in [4.78, 5) is 30.0. The Morgan fingerprint density at radius 2 is 1.91 bits per heavy atom. The normalized spacial score (nSPS) is 10.8. The molecule has 0 aliphatic carbocycles. The fourth-order valence-electron chi connectivity index (χ4n) is 3.21. The van der Waals surface area contributed by atoms with E-state index in [0.717, 1.165) is 11.6 Å². The number of amides is 1. The van der Waals surface area contributed by atoms with Crippen LogP contribution < -0.4 is 27.7 Å². The molecule has 9 nitrogen and oxygen atoms in total. The van der Waals surface area contributed by atoms with Crippen LogP contribution in [0.4, 0.5) is 15.9 Å². The maximum absolute atomic E-state index is 13.9. The Balaban J connectivity index is 1.88. The Labute approximate surface area is 190 Å². The monoisotopic (exact) mass is 451 g/mol. The van der Waals surface area contributed by atoms with Crippen LogP contribution in [-0.2, 0) is 17.9 Å². The molecule has 10 heteroatoms. The lowest BCUT2D eigenvalue weighted by Crippen LogP contribution is -2.35. The molecule has 1 heterocycles. The van der Waals surface area contributed by atoms with Crippen LogP contribution >= 0.6 is 0 Å². The molecule has 172 valence electrons. The topological polar surface area (TPSA) is 152 Å². The number of carbonyl (C=O) groups excluding carboxylic acids is 1. The van der Waals surface area contributed by atoms with Gasteiger partial charge in [-0.15, -0.1) is 0 Å². The van der Waals surface area contributed by atoms with Gasteiger partial charge in [0.2, 0.25) is 5.91 Å². The zero-order valence-corrected chi connectivity index (χ0v) is 18.4. The van der Waals surface area contributed by atoms with Gasteiger partial charge in [0.05, 0.1) is 11.9 Å². The summed E-state index contributed by atoms with van der Waals surface area (Å²) in [6.45, 7) is 3.63. The second-order valence-electron chi connectivity index (χ2n) is 7.84. The molecule has 3 aromatic rings. The number of hydrogen-bond donors (Lipinski definition) is 5. The number of carbonyl (C=O) groups is 1. The molecular weight excluding hydrogens is 425 g/mol. The Morgan fingerprint density at radius 1 is 1.21 bits per heavy atom. The highest BCUT2D eigenvalue weighted by Gasteiger charge is 2.16. The van der Waals surface area contributed by atoms with E-state index in [-0.39, 0.29) is 42.2 Å². The van der Waals surface area contributed by atoms with E-state index in [4.69, 9.17) is 16.9 Å². The van der Waals surface area contributed by atoms with Crippen LogP contribution in [0.2, 0.25) is 0 Å². The van der Waals surface area contributed by atoms with E-state index < -0.39 is 17.3 Å². The van der Waals surface area contributed by atoms with Crippen LogP contribution in [0.5, 0.6) is 0 Å². The zero-order valence-electron chi connectivity index (χ0n) is 18.4. The molecule has 7 N–H and O–H groups in total. The summed E-state index contributed by atoms with van der Waals surface area (Å²) >= 11 is 0. The molecule has 1 amide bonds. The second-order valence-corrected chi connectivity index (χ2v) is 7.84. The molecule has 0 radical (unpaired) electrons. The Hall–Kier alpha value is -4.21. The number of hydrogen-bond acceptors (Lipinski definition) is 6. The Kier molecular flexibility index (Phi) is 7.07. The van der Waals surface area contributed by atoms with Crippen molar-refractivity contribution in [2.45, 2.75) is 33.0 Å². The van der Waals surface area contributed by atoms with E-state index in [1.165, 1.54) is 22.9 Å². The first kappa shape index (κ1) is 23.5. The molecule has 0 fully saturated rings. The van der Waals surface area contributed by atoms with E-state index >= 15 is 0 Å². The number of nitrogens with zero attached hydrogens (tertiary/aromatic N) is 2. The number of benzene rings is 2. The van der Waals surface area contributed by atoms with Crippen molar-refractivity contribution in [2.24, 2.45) is 5.73 Å². The number of nitrogen functional groups attached to an aromatic ring is 2. The molecule has 0 spiro atoms. The van der Waals surface area contributed by atoms with Crippen molar-refractivity contribution in [2.75, 3.05) is 11.1 Å². The van der Waals surface area contributed by atoms with Crippen LogP contribution in [-0.4, -0.2) is 27.3 Å². The largest absolute Gasteiger partial charge is 0.399 e. The van der Waals surface area contributed by atoms with Crippen molar-refractivity contribution in [1.29, 1.82) is 5.41 Å². The first-order valence-corrected chi connectivity index (χ1v) is 10.3. The van der Waals surface area contributed by atoms with E-state index in [2.05, 4.69) is 15.6 Å². The van der Waals surface area contributed by atoms with Gasteiger partial charge in [0.1, 0.15) is 18.2 Å². The molecule has 0 atom stereocenters. The third-order valence-corrected chi connectivity index (χ3v) is 4.75. The van der Waals surface area contributed by atoms with Gasteiger partial charge >= 0.3 is 0 Å². The minimum absolute atomic E-state index is 0.0426. The second kappa shape index (κ2) is 9.94. The lowest BCUT2D eigenvalue weighted by molar-refractivity contribution is -0.121. The molecule has 0 saturated heterocycles. The molecule has 3 rings (SSSR count). The lowest BCUT2D eigenvalue weighted by Gasteiger charge is -2.16. The molecule has 1 aromatic heterocycles. The minimum atomic E-state index is -0.563. The number of aromatic nitrogens is 2. The molecule has 0 saturated carbocycles. The Morgan fingerprint density at radius 3 is 2.52 bits per heavy atom. The van der Waals surface area contributed by atoms with E-state index in [0.29, 0.717) is 11.1 Å². The third kappa shape index (κ3) is 5.94. The molecule has 0 bridgehead atoms. The van der Waals surface area contributed by atoms with E-state index in [9.17, 15) is 14.0 Å². The zero-order chi connectivity index (χ0) is 24.1.